The van der Waals surface area contributed by atoms with Crippen LogP contribution in [0.2, 0.25) is 0 Å². The molecule has 0 radical (unpaired) electrons. The molecule has 12 heteroatoms. The molecular weight excluding hydrogens is 482 g/mol. The number of nitrogens with one attached hydrogen (secondary N) is 2. The lowest BCUT2D eigenvalue weighted by molar-refractivity contribution is -0.301. The van der Waals surface area contributed by atoms with Crippen molar-refractivity contribution in [2.24, 2.45) is 4.99 Å². The number of aliphatic imine (C=N–C) groups is 1. The predicted octanol–water partition coefficient (Wildman–Crippen LogP) is 5.34. The number of amidine groups is 1. The van der Waals surface area contributed by atoms with Gasteiger partial charge in [-0.3, -0.25) is 9.78 Å². The van der Waals surface area contributed by atoms with Crippen LogP contribution in [-0.2, 0) is 18.5 Å². The van der Waals surface area contributed by atoms with Gasteiger partial charge in [0, 0.05) is 12.1 Å². The average molecular weight is 498 g/mol. The van der Waals surface area contributed by atoms with Crippen LogP contribution in [0.4, 0.5) is 32.2 Å². The average Bonchev–Trinajstić information content (AvgIpc) is 2.77. The summed E-state index contributed by atoms with van der Waals surface area (Å²) < 4.78 is 86.4. The van der Waals surface area contributed by atoms with Gasteiger partial charge in [-0.05, 0) is 24.2 Å². The van der Waals surface area contributed by atoms with Gasteiger partial charge in [-0.1, -0.05) is 60.7 Å². The van der Waals surface area contributed by atoms with Gasteiger partial charge in [0.05, 0.1) is 0 Å². The first-order valence-electron chi connectivity index (χ1n) is 9.93. The lowest BCUT2D eigenvalue weighted by Gasteiger charge is -2.39. The van der Waals surface area contributed by atoms with Crippen molar-refractivity contribution in [3.63, 3.8) is 0 Å². The molecule has 5 nitrogen and oxygen atoms in total. The molecule has 0 aliphatic carbocycles. The van der Waals surface area contributed by atoms with E-state index in [0.29, 0.717) is 0 Å². The first-order chi connectivity index (χ1) is 16.0. The van der Waals surface area contributed by atoms with Crippen molar-refractivity contribution in [3.8, 4) is 0 Å². The van der Waals surface area contributed by atoms with Crippen molar-refractivity contribution in [3.05, 3.63) is 92.5 Å². The largest absolute Gasteiger partial charge is 0.427 e. The number of H-pyrrole nitrogens is 1. The fraction of sp³-hybridized carbons (Fsp3) is 0.227. The highest BCUT2D eigenvalue weighted by Gasteiger charge is 2.75. The molecule has 34 heavy (non-hydrogen) atoms. The van der Waals surface area contributed by atoms with E-state index in [9.17, 15) is 31.1 Å². The van der Waals surface area contributed by atoms with Crippen LogP contribution in [0.25, 0.3) is 0 Å². The van der Waals surface area contributed by atoms with Gasteiger partial charge in [0.2, 0.25) is 0 Å². The van der Waals surface area contributed by atoms with Gasteiger partial charge in [0.15, 0.2) is 4.77 Å². The number of fused-ring (bicyclic) bond motifs is 1. The summed E-state index contributed by atoms with van der Waals surface area (Å²) in [6, 6.07) is 15.8. The Morgan fingerprint density at radius 2 is 1.47 bits per heavy atom. The van der Waals surface area contributed by atoms with E-state index in [-0.39, 0.29) is 23.3 Å². The standard InChI is InChI=1S/C22H16F6N4OS/c23-21(24,25)20(22(26,27)28)15-17(29-16(31-20)14-9-5-2-6-10-14)32(19(34)30-18(15)33)12-11-13-7-3-1-4-8-13/h1-10H,11-12H2,(H,29,31)(H,30,33,34). The lowest BCUT2D eigenvalue weighted by Crippen LogP contribution is -2.58. The summed E-state index contributed by atoms with van der Waals surface area (Å²) in [7, 11) is 0. The summed E-state index contributed by atoms with van der Waals surface area (Å²) in [5.41, 5.74) is -7.26. The highest BCUT2D eigenvalue weighted by molar-refractivity contribution is 7.71. The zero-order chi connectivity index (χ0) is 24.7. The van der Waals surface area contributed by atoms with Crippen LogP contribution in [-0.4, -0.2) is 27.7 Å². The third kappa shape index (κ3) is 3.91. The fourth-order valence-corrected chi connectivity index (χ4v) is 4.08. The molecule has 1 aliphatic heterocycles. The third-order valence-corrected chi connectivity index (χ3v) is 5.73. The molecule has 0 amide bonds. The maximum atomic E-state index is 14.3. The van der Waals surface area contributed by atoms with E-state index in [1.54, 1.807) is 36.4 Å². The number of aryl methyl sites for hydroxylation is 1. The van der Waals surface area contributed by atoms with E-state index in [2.05, 4.69) is 10.3 Å². The minimum absolute atomic E-state index is 0.0214. The second-order valence-electron chi connectivity index (χ2n) is 7.53. The highest BCUT2D eigenvalue weighted by atomic mass is 32.1. The number of benzene rings is 2. The van der Waals surface area contributed by atoms with Crippen molar-refractivity contribution < 1.29 is 26.3 Å². The van der Waals surface area contributed by atoms with Crippen molar-refractivity contribution >= 4 is 23.9 Å². The Balaban J connectivity index is 2.01. The van der Waals surface area contributed by atoms with Gasteiger partial charge in [-0.15, -0.1) is 0 Å². The number of halogens is 6. The number of rotatable bonds is 4. The number of aromatic amines is 1. The number of hydrogen-bond donors (Lipinski definition) is 2. The molecule has 2 heterocycles. The van der Waals surface area contributed by atoms with Gasteiger partial charge in [-0.25, -0.2) is 4.99 Å². The molecular formula is C22H16F6N4OS. The molecule has 0 fully saturated rings. The van der Waals surface area contributed by atoms with Crippen LogP contribution in [0, 0.1) is 4.77 Å². The van der Waals surface area contributed by atoms with Crippen LogP contribution < -0.4 is 10.9 Å². The number of hydrogen-bond acceptors (Lipinski definition) is 4. The van der Waals surface area contributed by atoms with Gasteiger partial charge in [0.25, 0.3) is 11.1 Å². The first-order valence-corrected chi connectivity index (χ1v) is 10.3. The maximum Gasteiger partial charge on any atom is 0.427 e. The molecule has 2 aromatic carbocycles. The van der Waals surface area contributed by atoms with E-state index in [1.165, 1.54) is 24.3 Å². The minimum Gasteiger partial charge on any atom is -0.326 e. The Morgan fingerprint density at radius 3 is 2.03 bits per heavy atom. The third-order valence-electron chi connectivity index (χ3n) is 5.41. The predicted molar refractivity (Wildman–Crippen MR) is 116 cm³/mol. The quantitative estimate of drug-likeness (QED) is 0.377. The molecule has 4 rings (SSSR count). The monoisotopic (exact) mass is 498 g/mol. The summed E-state index contributed by atoms with van der Waals surface area (Å²) >= 11 is 5.12. The Labute approximate surface area is 193 Å². The molecule has 0 spiro atoms. The van der Waals surface area contributed by atoms with E-state index in [4.69, 9.17) is 12.2 Å². The number of aromatic nitrogens is 2. The van der Waals surface area contributed by atoms with E-state index < -0.39 is 40.7 Å². The first kappa shape index (κ1) is 23.7. The summed E-state index contributed by atoms with van der Waals surface area (Å²) in [6.07, 6.45) is -11.7. The van der Waals surface area contributed by atoms with Gasteiger partial charge in [0.1, 0.15) is 17.2 Å². The zero-order valence-corrected chi connectivity index (χ0v) is 18.0. The molecule has 3 aromatic rings. The van der Waals surface area contributed by atoms with E-state index in [1.807, 2.05) is 4.98 Å². The summed E-state index contributed by atoms with van der Waals surface area (Å²) in [5, 5.41) is 2.53. The van der Waals surface area contributed by atoms with Crippen molar-refractivity contribution in [2.75, 3.05) is 5.32 Å². The van der Waals surface area contributed by atoms with Crippen LogP contribution in [0.15, 0.2) is 70.5 Å². The molecule has 1 aliphatic rings. The minimum atomic E-state index is -5.98. The smallest absolute Gasteiger partial charge is 0.326 e. The Bertz CT molecular complexity index is 1330. The molecule has 0 atom stereocenters. The molecule has 1 aromatic heterocycles. The van der Waals surface area contributed by atoms with Gasteiger partial charge in [-0.2, -0.15) is 26.3 Å². The van der Waals surface area contributed by atoms with Crippen LogP contribution in [0.5, 0.6) is 0 Å². The van der Waals surface area contributed by atoms with E-state index in [0.717, 1.165) is 10.1 Å². The second kappa shape index (κ2) is 8.42. The SMILES string of the molecule is O=c1[nH]c(=S)n(CCc2ccccc2)c2c1C(C(F)(F)F)(C(F)(F)F)N=C(c1ccccc1)N2. The zero-order valence-electron chi connectivity index (χ0n) is 17.2. The molecule has 0 bridgehead atoms. The number of anilines is 1. The molecule has 2 N–H and O–H groups in total. The molecule has 0 saturated heterocycles. The van der Waals surface area contributed by atoms with Gasteiger partial charge >= 0.3 is 12.4 Å². The maximum absolute atomic E-state index is 14.3. The van der Waals surface area contributed by atoms with Crippen LogP contribution in [0.3, 0.4) is 0 Å². The topological polar surface area (TPSA) is 62.2 Å². The second-order valence-corrected chi connectivity index (χ2v) is 7.91. The summed E-state index contributed by atoms with van der Waals surface area (Å²) in [6.45, 7) is -0.0944. The fourth-order valence-electron chi connectivity index (χ4n) is 3.80. The van der Waals surface area contributed by atoms with E-state index >= 15 is 0 Å². The normalized spacial score (nSPS) is 15.3. The van der Waals surface area contributed by atoms with Crippen molar-refractivity contribution in [1.29, 1.82) is 0 Å². The van der Waals surface area contributed by atoms with Crippen molar-refractivity contribution in [2.45, 2.75) is 30.9 Å². The van der Waals surface area contributed by atoms with Crippen molar-refractivity contribution in [1.82, 2.24) is 9.55 Å². The lowest BCUT2D eigenvalue weighted by atomic mass is 9.87. The number of alkyl halides is 6. The Morgan fingerprint density at radius 1 is 0.912 bits per heavy atom. The molecule has 0 unspecified atom stereocenters. The van der Waals surface area contributed by atoms with Crippen LogP contribution >= 0.6 is 12.2 Å². The molecule has 0 saturated carbocycles. The van der Waals surface area contributed by atoms with Gasteiger partial charge < -0.3 is 9.88 Å². The summed E-state index contributed by atoms with van der Waals surface area (Å²) in [5.74, 6) is -1.38. The highest BCUT2D eigenvalue weighted by Crippen LogP contribution is 2.55. The Hall–Kier alpha value is -3.41. The number of nitrogens with zero attached hydrogens (tertiary/aromatic N) is 2. The molecule has 178 valence electrons. The Kier molecular flexibility index (Phi) is 5.88. The summed E-state index contributed by atoms with van der Waals surface area (Å²) in [4.78, 5) is 17.7. The van der Waals surface area contributed by atoms with Crippen LogP contribution in [0.1, 0.15) is 16.7 Å².